The molecule has 2 rings (SSSR count). The van der Waals surface area contributed by atoms with Crippen LogP contribution in [-0.4, -0.2) is 15.5 Å². The smallest absolute Gasteiger partial charge is 0.128 e. The molecule has 0 aliphatic heterocycles. The monoisotopic (exact) mass is 269 g/mol. The molecule has 1 unspecified atom stereocenters. The number of halogens is 2. The van der Waals surface area contributed by atoms with E-state index in [1.807, 2.05) is 13.2 Å². The fourth-order valence-corrected chi connectivity index (χ4v) is 2.45. The van der Waals surface area contributed by atoms with Crippen LogP contribution in [0.2, 0.25) is 0 Å². The van der Waals surface area contributed by atoms with E-state index in [9.17, 15) is 8.78 Å². The van der Waals surface area contributed by atoms with Crippen molar-refractivity contribution in [1.29, 1.82) is 0 Å². The van der Waals surface area contributed by atoms with E-state index in [1.54, 1.807) is 10.9 Å². The van der Waals surface area contributed by atoms with Crippen LogP contribution in [0.25, 0.3) is 0 Å². The van der Waals surface area contributed by atoms with Crippen LogP contribution >= 0.6 is 11.8 Å². The summed E-state index contributed by atoms with van der Waals surface area (Å²) in [6.45, 7) is 0. The molecule has 0 fully saturated rings. The van der Waals surface area contributed by atoms with E-state index in [0.29, 0.717) is 5.75 Å². The summed E-state index contributed by atoms with van der Waals surface area (Å²) in [5, 5.41) is 4.02. The van der Waals surface area contributed by atoms with Gasteiger partial charge in [0.25, 0.3) is 0 Å². The highest BCUT2D eigenvalue weighted by molar-refractivity contribution is 7.99. The van der Waals surface area contributed by atoms with Crippen LogP contribution < -0.4 is 5.73 Å². The molecular formula is C12H13F2N3S. The molecule has 96 valence electrons. The van der Waals surface area contributed by atoms with Crippen molar-refractivity contribution < 1.29 is 8.78 Å². The summed E-state index contributed by atoms with van der Waals surface area (Å²) >= 11 is 1.46. The van der Waals surface area contributed by atoms with Gasteiger partial charge in [0.15, 0.2) is 0 Å². The zero-order valence-corrected chi connectivity index (χ0v) is 10.6. The Kier molecular flexibility index (Phi) is 3.98. The minimum absolute atomic E-state index is 0.200. The van der Waals surface area contributed by atoms with Gasteiger partial charge in [0.05, 0.1) is 6.20 Å². The van der Waals surface area contributed by atoms with E-state index in [-0.39, 0.29) is 5.56 Å². The third kappa shape index (κ3) is 3.08. The topological polar surface area (TPSA) is 43.8 Å². The minimum atomic E-state index is -0.550. The second-order valence-electron chi connectivity index (χ2n) is 3.93. The van der Waals surface area contributed by atoms with Gasteiger partial charge in [-0.3, -0.25) is 4.68 Å². The molecule has 18 heavy (non-hydrogen) atoms. The number of aromatic nitrogens is 2. The van der Waals surface area contributed by atoms with Crippen molar-refractivity contribution in [2.75, 3.05) is 5.75 Å². The van der Waals surface area contributed by atoms with Gasteiger partial charge in [0.2, 0.25) is 0 Å². The van der Waals surface area contributed by atoms with E-state index in [0.717, 1.165) is 23.1 Å². The molecule has 1 aromatic heterocycles. The fourth-order valence-electron chi connectivity index (χ4n) is 1.55. The molecule has 0 aliphatic rings. The largest absolute Gasteiger partial charge is 0.323 e. The lowest BCUT2D eigenvalue weighted by molar-refractivity contribution is 0.573. The molecule has 1 heterocycles. The lowest BCUT2D eigenvalue weighted by Gasteiger charge is -2.12. The van der Waals surface area contributed by atoms with Crippen molar-refractivity contribution in [2.24, 2.45) is 12.8 Å². The Morgan fingerprint density at radius 3 is 2.89 bits per heavy atom. The Labute approximate surface area is 108 Å². The molecule has 6 heteroatoms. The van der Waals surface area contributed by atoms with Gasteiger partial charge in [-0.25, -0.2) is 8.78 Å². The molecule has 0 radical (unpaired) electrons. The van der Waals surface area contributed by atoms with Gasteiger partial charge in [-0.2, -0.15) is 5.10 Å². The molecule has 0 aliphatic carbocycles. The number of benzene rings is 1. The lowest BCUT2D eigenvalue weighted by Crippen LogP contribution is -2.15. The van der Waals surface area contributed by atoms with Crippen LogP contribution in [0.5, 0.6) is 0 Å². The molecule has 0 saturated carbocycles. The van der Waals surface area contributed by atoms with Crippen LogP contribution in [0, 0.1) is 11.6 Å². The van der Waals surface area contributed by atoms with Gasteiger partial charge < -0.3 is 5.73 Å². The van der Waals surface area contributed by atoms with Gasteiger partial charge in [0, 0.05) is 35.5 Å². The molecule has 0 saturated heterocycles. The second-order valence-corrected chi connectivity index (χ2v) is 5.03. The number of nitrogens with two attached hydrogens (primary N) is 1. The molecule has 2 N–H and O–H groups in total. The normalized spacial score (nSPS) is 12.7. The van der Waals surface area contributed by atoms with Crippen molar-refractivity contribution >= 4 is 11.8 Å². The third-order valence-electron chi connectivity index (χ3n) is 2.47. The van der Waals surface area contributed by atoms with Crippen molar-refractivity contribution in [3.8, 4) is 0 Å². The summed E-state index contributed by atoms with van der Waals surface area (Å²) in [4.78, 5) is 0.949. The van der Waals surface area contributed by atoms with Crippen LogP contribution in [0.3, 0.4) is 0 Å². The maximum atomic E-state index is 13.5. The van der Waals surface area contributed by atoms with Crippen LogP contribution in [0.15, 0.2) is 35.5 Å². The molecule has 1 aromatic carbocycles. The van der Waals surface area contributed by atoms with E-state index in [4.69, 9.17) is 5.73 Å². The van der Waals surface area contributed by atoms with Crippen molar-refractivity contribution in [3.05, 3.63) is 47.8 Å². The Morgan fingerprint density at radius 2 is 2.22 bits per heavy atom. The quantitative estimate of drug-likeness (QED) is 0.867. The predicted octanol–water partition coefficient (Wildman–Crippen LogP) is 2.49. The highest BCUT2D eigenvalue weighted by Gasteiger charge is 2.13. The first-order valence-electron chi connectivity index (χ1n) is 5.38. The first-order chi connectivity index (χ1) is 8.56. The van der Waals surface area contributed by atoms with Crippen molar-refractivity contribution in [2.45, 2.75) is 10.9 Å². The summed E-state index contributed by atoms with van der Waals surface area (Å²) in [7, 11) is 1.82. The van der Waals surface area contributed by atoms with Crippen LogP contribution in [-0.2, 0) is 7.05 Å². The Balaban J connectivity index is 2.03. The fraction of sp³-hybridized carbons (Fsp3) is 0.250. The Morgan fingerprint density at radius 1 is 1.44 bits per heavy atom. The second kappa shape index (κ2) is 5.49. The van der Waals surface area contributed by atoms with E-state index in [1.165, 1.54) is 11.8 Å². The summed E-state index contributed by atoms with van der Waals surface area (Å²) in [6.07, 6.45) is 3.55. The van der Waals surface area contributed by atoms with Crippen molar-refractivity contribution in [1.82, 2.24) is 9.78 Å². The third-order valence-corrected chi connectivity index (χ3v) is 3.54. The molecule has 0 spiro atoms. The summed E-state index contributed by atoms with van der Waals surface area (Å²) in [5.41, 5.74) is 6.07. The number of aryl methyl sites for hydroxylation is 1. The summed E-state index contributed by atoms with van der Waals surface area (Å²) in [5.74, 6) is -0.490. The average molecular weight is 269 g/mol. The van der Waals surface area contributed by atoms with E-state index < -0.39 is 17.7 Å². The van der Waals surface area contributed by atoms with Gasteiger partial charge in [-0.05, 0) is 18.2 Å². The van der Waals surface area contributed by atoms with Gasteiger partial charge >= 0.3 is 0 Å². The Bertz CT molecular complexity index is 542. The number of hydrogen-bond acceptors (Lipinski definition) is 3. The van der Waals surface area contributed by atoms with Gasteiger partial charge in [-0.1, -0.05) is 0 Å². The average Bonchev–Trinajstić information content (AvgIpc) is 2.75. The molecule has 2 aromatic rings. The standard InChI is InChI=1S/C12H13F2N3S/c1-17-6-9(5-16-17)18-7-12(15)10-4-8(13)2-3-11(10)14/h2-6,12H,7,15H2,1H3. The number of nitrogens with zero attached hydrogens (tertiary/aromatic N) is 2. The maximum Gasteiger partial charge on any atom is 0.128 e. The first kappa shape index (κ1) is 13.0. The van der Waals surface area contributed by atoms with Gasteiger partial charge in [0.1, 0.15) is 11.6 Å². The Hall–Kier alpha value is -1.40. The zero-order chi connectivity index (χ0) is 13.1. The highest BCUT2D eigenvalue weighted by atomic mass is 32.2. The molecule has 1 atom stereocenters. The number of rotatable bonds is 4. The zero-order valence-electron chi connectivity index (χ0n) is 9.81. The molecular weight excluding hydrogens is 256 g/mol. The summed E-state index contributed by atoms with van der Waals surface area (Å²) < 4.78 is 28.2. The van der Waals surface area contributed by atoms with Crippen LogP contribution in [0.4, 0.5) is 8.78 Å². The predicted molar refractivity (Wildman–Crippen MR) is 67.2 cm³/mol. The minimum Gasteiger partial charge on any atom is -0.323 e. The SMILES string of the molecule is Cn1cc(SCC(N)c2cc(F)ccc2F)cn1. The van der Waals surface area contributed by atoms with Crippen LogP contribution in [0.1, 0.15) is 11.6 Å². The van der Waals surface area contributed by atoms with E-state index >= 15 is 0 Å². The van der Waals surface area contributed by atoms with E-state index in [2.05, 4.69) is 5.10 Å². The summed E-state index contributed by atoms with van der Waals surface area (Å²) in [6, 6.07) is 2.77. The molecule has 0 amide bonds. The number of thioether (sulfide) groups is 1. The van der Waals surface area contributed by atoms with Gasteiger partial charge in [-0.15, -0.1) is 11.8 Å². The van der Waals surface area contributed by atoms with Crippen molar-refractivity contribution in [3.63, 3.8) is 0 Å². The lowest BCUT2D eigenvalue weighted by atomic mass is 10.1. The molecule has 3 nitrogen and oxygen atoms in total. The maximum absolute atomic E-state index is 13.5. The number of hydrogen-bond donors (Lipinski definition) is 1. The highest BCUT2D eigenvalue weighted by Crippen LogP contribution is 2.24. The first-order valence-corrected chi connectivity index (χ1v) is 6.37. The molecule has 0 bridgehead atoms.